The van der Waals surface area contributed by atoms with E-state index in [1.165, 1.54) is 6.92 Å². The van der Waals surface area contributed by atoms with Gasteiger partial charge >= 0.3 is 0 Å². The third kappa shape index (κ3) is 4.30. The zero-order chi connectivity index (χ0) is 16.1. The number of halogens is 1. The fourth-order valence-electron chi connectivity index (χ4n) is 2.00. The minimum Gasteiger partial charge on any atom is -0.337 e. The Balaban J connectivity index is 2.09. The molecular formula is C16H16ClN3O2. The average molecular weight is 318 g/mol. The molecule has 0 radical (unpaired) electrons. The van der Waals surface area contributed by atoms with Gasteiger partial charge in [-0.15, -0.1) is 0 Å². The van der Waals surface area contributed by atoms with E-state index in [1.54, 1.807) is 48.5 Å². The summed E-state index contributed by atoms with van der Waals surface area (Å²) in [7, 11) is 1.71. The van der Waals surface area contributed by atoms with Crippen LogP contribution in [-0.4, -0.2) is 28.7 Å². The van der Waals surface area contributed by atoms with Gasteiger partial charge < -0.3 is 10.2 Å². The van der Waals surface area contributed by atoms with E-state index in [0.29, 0.717) is 22.9 Å². The van der Waals surface area contributed by atoms with Crippen molar-refractivity contribution in [3.8, 4) is 0 Å². The zero-order valence-corrected chi connectivity index (χ0v) is 13.1. The number of hydrogen-bond acceptors (Lipinski definition) is 3. The Morgan fingerprint density at radius 1 is 1.27 bits per heavy atom. The van der Waals surface area contributed by atoms with Crippen LogP contribution in [0.5, 0.6) is 0 Å². The summed E-state index contributed by atoms with van der Waals surface area (Å²) in [5, 5.41) is 3.08. The number of benzene rings is 1. The number of nitrogens with one attached hydrogen (secondary N) is 1. The summed E-state index contributed by atoms with van der Waals surface area (Å²) in [4.78, 5) is 29.1. The molecule has 0 fully saturated rings. The van der Waals surface area contributed by atoms with Crippen molar-refractivity contribution in [1.29, 1.82) is 0 Å². The molecule has 1 aromatic carbocycles. The Hall–Kier alpha value is -2.40. The third-order valence-electron chi connectivity index (χ3n) is 2.98. The van der Waals surface area contributed by atoms with Crippen LogP contribution in [0.3, 0.4) is 0 Å². The predicted molar refractivity (Wildman–Crippen MR) is 85.8 cm³/mol. The molecule has 0 bridgehead atoms. The van der Waals surface area contributed by atoms with Gasteiger partial charge in [0.2, 0.25) is 5.91 Å². The highest BCUT2D eigenvalue weighted by Crippen LogP contribution is 2.14. The van der Waals surface area contributed by atoms with Crippen LogP contribution in [-0.2, 0) is 11.3 Å². The molecule has 0 aliphatic heterocycles. The van der Waals surface area contributed by atoms with Gasteiger partial charge in [0.1, 0.15) is 5.15 Å². The van der Waals surface area contributed by atoms with Crippen molar-refractivity contribution < 1.29 is 9.59 Å². The third-order valence-corrected chi connectivity index (χ3v) is 3.21. The van der Waals surface area contributed by atoms with Crippen molar-refractivity contribution >= 4 is 29.1 Å². The molecule has 0 saturated carbocycles. The lowest BCUT2D eigenvalue weighted by Crippen LogP contribution is -2.26. The number of carbonyl (C=O) groups excluding carboxylic acids is 2. The molecule has 0 aliphatic carbocycles. The summed E-state index contributed by atoms with van der Waals surface area (Å²) in [5.74, 6) is -0.313. The molecule has 1 aromatic heterocycles. The van der Waals surface area contributed by atoms with Crippen molar-refractivity contribution in [2.24, 2.45) is 0 Å². The topological polar surface area (TPSA) is 62.3 Å². The first-order valence-electron chi connectivity index (χ1n) is 6.69. The minimum atomic E-state index is -0.176. The van der Waals surface area contributed by atoms with E-state index < -0.39 is 0 Å². The van der Waals surface area contributed by atoms with Crippen molar-refractivity contribution in [3.05, 3.63) is 58.9 Å². The van der Waals surface area contributed by atoms with E-state index >= 15 is 0 Å². The smallest absolute Gasteiger partial charge is 0.253 e. The first kappa shape index (κ1) is 16.0. The fourth-order valence-corrected chi connectivity index (χ4v) is 2.11. The highest BCUT2D eigenvalue weighted by molar-refractivity contribution is 6.29. The molecule has 1 heterocycles. The first-order valence-corrected chi connectivity index (χ1v) is 7.07. The van der Waals surface area contributed by atoms with Gasteiger partial charge in [-0.25, -0.2) is 4.98 Å². The van der Waals surface area contributed by atoms with E-state index in [-0.39, 0.29) is 11.8 Å². The maximum absolute atomic E-state index is 12.4. The van der Waals surface area contributed by atoms with Crippen LogP contribution in [0, 0.1) is 0 Å². The number of anilines is 1. The summed E-state index contributed by atoms with van der Waals surface area (Å²) >= 11 is 5.74. The van der Waals surface area contributed by atoms with Crippen LogP contribution in [0.2, 0.25) is 5.15 Å². The number of rotatable bonds is 4. The normalized spacial score (nSPS) is 10.1. The molecule has 114 valence electrons. The second-order valence-electron chi connectivity index (χ2n) is 4.91. The first-order chi connectivity index (χ1) is 10.5. The molecule has 0 saturated heterocycles. The Bertz CT molecular complexity index is 686. The summed E-state index contributed by atoms with van der Waals surface area (Å²) in [5.41, 5.74) is 1.99. The Labute approximate surface area is 133 Å². The van der Waals surface area contributed by atoms with Crippen molar-refractivity contribution in [2.45, 2.75) is 13.5 Å². The van der Waals surface area contributed by atoms with Gasteiger partial charge in [-0.05, 0) is 29.8 Å². The summed E-state index contributed by atoms with van der Waals surface area (Å²) in [6, 6.07) is 10.3. The maximum Gasteiger partial charge on any atom is 0.253 e. The maximum atomic E-state index is 12.4. The van der Waals surface area contributed by atoms with Crippen LogP contribution >= 0.6 is 11.6 Å². The van der Waals surface area contributed by atoms with Gasteiger partial charge in [-0.1, -0.05) is 23.7 Å². The Morgan fingerprint density at radius 3 is 2.68 bits per heavy atom. The van der Waals surface area contributed by atoms with Crippen LogP contribution in [0.25, 0.3) is 0 Å². The number of aromatic nitrogens is 1. The molecule has 0 spiro atoms. The number of nitrogens with zero attached hydrogens (tertiary/aromatic N) is 2. The van der Waals surface area contributed by atoms with E-state index in [9.17, 15) is 9.59 Å². The van der Waals surface area contributed by atoms with Crippen LogP contribution in [0.1, 0.15) is 22.8 Å². The molecule has 0 aliphatic rings. The molecular weight excluding hydrogens is 302 g/mol. The van der Waals surface area contributed by atoms with E-state index in [4.69, 9.17) is 11.6 Å². The van der Waals surface area contributed by atoms with E-state index in [2.05, 4.69) is 10.3 Å². The summed E-state index contributed by atoms with van der Waals surface area (Å²) in [6.45, 7) is 1.85. The molecule has 22 heavy (non-hydrogen) atoms. The zero-order valence-electron chi connectivity index (χ0n) is 12.3. The van der Waals surface area contributed by atoms with Crippen molar-refractivity contribution in [2.75, 3.05) is 12.4 Å². The van der Waals surface area contributed by atoms with Gasteiger partial charge in [0.25, 0.3) is 5.91 Å². The molecule has 2 aromatic rings. The lowest BCUT2D eigenvalue weighted by atomic mass is 10.1. The van der Waals surface area contributed by atoms with Gasteiger partial charge in [-0.2, -0.15) is 0 Å². The van der Waals surface area contributed by atoms with Gasteiger partial charge in [0.05, 0.1) is 0 Å². The van der Waals surface area contributed by atoms with Crippen LogP contribution in [0.15, 0.2) is 42.6 Å². The largest absolute Gasteiger partial charge is 0.337 e. The second-order valence-corrected chi connectivity index (χ2v) is 5.30. The average Bonchev–Trinajstić information content (AvgIpc) is 2.48. The summed E-state index contributed by atoms with van der Waals surface area (Å²) in [6.07, 6.45) is 1.64. The molecule has 1 N–H and O–H groups in total. The van der Waals surface area contributed by atoms with Crippen LogP contribution < -0.4 is 5.32 Å². The molecule has 6 heteroatoms. The number of amides is 2. The van der Waals surface area contributed by atoms with Gasteiger partial charge in [0.15, 0.2) is 0 Å². The molecule has 2 rings (SSSR count). The lowest BCUT2D eigenvalue weighted by molar-refractivity contribution is -0.114. The number of carbonyl (C=O) groups is 2. The number of hydrogen-bond donors (Lipinski definition) is 1. The molecule has 0 unspecified atom stereocenters. The predicted octanol–water partition coefficient (Wildman–Crippen LogP) is 2.97. The van der Waals surface area contributed by atoms with E-state index in [1.807, 2.05) is 6.07 Å². The highest BCUT2D eigenvalue weighted by atomic mass is 35.5. The molecule has 2 amide bonds. The van der Waals surface area contributed by atoms with Crippen LogP contribution in [0.4, 0.5) is 5.69 Å². The fraction of sp³-hybridized carbons (Fsp3) is 0.188. The highest BCUT2D eigenvalue weighted by Gasteiger charge is 2.13. The van der Waals surface area contributed by atoms with E-state index in [0.717, 1.165) is 5.56 Å². The Kier molecular flexibility index (Phi) is 5.12. The van der Waals surface area contributed by atoms with Crippen molar-refractivity contribution in [3.63, 3.8) is 0 Å². The second kappa shape index (κ2) is 7.04. The monoisotopic (exact) mass is 317 g/mol. The minimum absolute atomic E-state index is 0.137. The van der Waals surface area contributed by atoms with Gasteiger partial charge in [-0.3, -0.25) is 9.59 Å². The number of pyridine rings is 1. The quantitative estimate of drug-likeness (QED) is 0.882. The molecule has 0 atom stereocenters. The van der Waals surface area contributed by atoms with Crippen molar-refractivity contribution in [1.82, 2.24) is 9.88 Å². The lowest BCUT2D eigenvalue weighted by Gasteiger charge is -2.17. The van der Waals surface area contributed by atoms with Gasteiger partial charge in [0, 0.05) is 38.0 Å². The SMILES string of the molecule is CC(=O)Nc1cccc(C(=O)N(C)Cc2ccc(Cl)nc2)c1. The summed E-state index contributed by atoms with van der Waals surface area (Å²) < 4.78 is 0. The standard InChI is InChI=1S/C16H16ClN3O2/c1-11(21)19-14-5-3-4-13(8-14)16(22)20(2)10-12-6-7-15(17)18-9-12/h3-9H,10H2,1-2H3,(H,19,21). The molecule has 5 nitrogen and oxygen atoms in total. The Morgan fingerprint density at radius 2 is 2.05 bits per heavy atom.